The SMILES string of the molecule is CC1C(=O)NC(C(C)(C)C)C(=O)N1CC(F)(F)C(F)F. The molecule has 20 heavy (non-hydrogen) atoms. The number of amides is 2. The van der Waals surface area contributed by atoms with Gasteiger partial charge in [-0.25, -0.2) is 8.78 Å². The van der Waals surface area contributed by atoms with E-state index in [9.17, 15) is 27.2 Å². The van der Waals surface area contributed by atoms with Crippen molar-refractivity contribution in [2.75, 3.05) is 6.54 Å². The van der Waals surface area contributed by atoms with E-state index in [2.05, 4.69) is 5.32 Å². The van der Waals surface area contributed by atoms with Crippen LogP contribution in [0.1, 0.15) is 27.7 Å². The summed E-state index contributed by atoms with van der Waals surface area (Å²) in [7, 11) is 0. The molecule has 1 aliphatic rings. The quantitative estimate of drug-likeness (QED) is 0.805. The van der Waals surface area contributed by atoms with Gasteiger partial charge in [0.1, 0.15) is 12.1 Å². The highest BCUT2D eigenvalue weighted by Gasteiger charge is 2.50. The number of nitrogens with one attached hydrogen (secondary N) is 1. The van der Waals surface area contributed by atoms with Crippen LogP contribution in [0.15, 0.2) is 0 Å². The van der Waals surface area contributed by atoms with Crippen LogP contribution in [0.3, 0.4) is 0 Å². The van der Waals surface area contributed by atoms with E-state index in [-0.39, 0.29) is 0 Å². The van der Waals surface area contributed by atoms with Gasteiger partial charge in [-0.05, 0) is 12.3 Å². The third kappa shape index (κ3) is 3.21. The number of hydrogen-bond donors (Lipinski definition) is 1. The number of rotatable bonds is 3. The summed E-state index contributed by atoms with van der Waals surface area (Å²) >= 11 is 0. The standard InChI is InChI=1S/C12H18F4N2O2/c1-6-8(19)17-7(11(2,3)4)9(20)18(6)5-12(15,16)10(13)14/h6-7,10H,5H2,1-4H3,(H,17,19). The Morgan fingerprint density at radius 3 is 2.15 bits per heavy atom. The average molecular weight is 298 g/mol. The number of hydrogen-bond acceptors (Lipinski definition) is 2. The largest absolute Gasteiger partial charge is 0.342 e. The molecule has 2 atom stereocenters. The van der Waals surface area contributed by atoms with Gasteiger partial charge in [0.05, 0.1) is 6.54 Å². The predicted octanol–water partition coefficient (Wildman–Crippen LogP) is 1.65. The Labute approximate surface area is 114 Å². The molecular formula is C12H18F4N2O2. The molecule has 2 amide bonds. The summed E-state index contributed by atoms with van der Waals surface area (Å²) in [6, 6.07) is -2.22. The molecule has 0 aromatic rings. The zero-order chi connectivity index (χ0) is 15.9. The minimum Gasteiger partial charge on any atom is -0.342 e. The van der Waals surface area contributed by atoms with E-state index in [1.54, 1.807) is 20.8 Å². The molecule has 0 aromatic heterocycles. The molecule has 1 saturated heterocycles. The van der Waals surface area contributed by atoms with Crippen molar-refractivity contribution in [3.63, 3.8) is 0 Å². The third-order valence-corrected chi connectivity index (χ3v) is 3.23. The summed E-state index contributed by atoms with van der Waals surface area (Å²) in [5, 5.41) is 2.44. The fourth-order valence-corrected chi connectivity index (χ4v) is 1.92. The van der Waals surface area contributed by atoms with Crippen molar-refractivity contribution >= 4 is 11.8 Å². The fraction of sp³-hybridized carbons (Fsp3) is 0.833. The van der Waals surface area contributed by atoms with Crippen molar-refractivity contribution in [1.82, 2.24) is 10.2 Å². The van der Waals surface area contributed by atoms with Crippen molar-refractivity contribution in [3.05, 3.63) is 0 Å². The fourth-order valence-electron chi connectivity index (χ4n) is 1.92. The van der Waals surface area contributed by atoms with Crippen molar-refractivity contribution in [2.45, 2.75) is 52.1 Å². The van der Waals surface area contributed by atoms with Crippen molar-refractivity contribution in [2.24, 2.45) is 5.41 Å². The molecule has 1 N–H and O–H groups in total. The summed E-state index contributed by atoms with van der Waals surface area (Å²) in [6.45, 7) is 4.71. The molecule has 1 aliphatic heterocycles. The van der Waals surface area contributed by atoms with E-state index in [1.807, 2.05) is 0 Å². The summed E-state index contributed by atoms with van der Waals surface area (Å²) in [5.41, 5.74) is -0.703. The van der Waals surface area contributed by atoms with Crippen LogP contribution in [0, 0.1) is 5.41 Å². The van der Waals surface area contributed by atoms with Crippen LogP contribution in [0.5, 0.6) is 0 Å². The van der Waals surface area contributed by atoms with Crippen molar-refractivity contribution in [3.8, 4) is 0 Å². The number of halogens is 4. The minimum absolute atomic E-state index is 0.529. The van der Waals surface area contributed by atoms with Gasteiger partial charge in [-0.3, -0.25) is 9.59 Å². The first-order valence-electron chi connectivity index (χ1n) is 6.14. The maximum Gasteiger partial charge on any atom is 0.324 e. The van der Waals surface area contributed by atoms with Gasteiger partial charge in [0, 0.05) is 0 Å². The molecule has 0 spiro atoms. The van der Waals surface area contributed by atoms with Crippen LogP contribution < -0.4 is 5.32 Å². The Morgan fingerprint density at radius 1 is 1.25 bits per heavy atom. The highest BCUT2D eigenvalue weighted by atomic mass is 19.3. The molecule has 4 nitrogen and oxygen atoms in total. The maximum absolute atomic E-state index is 13.2. The molecule has 8 heteroatoms. The van der Waals surface area contributed by atoms with E-state index >= 15 is 0 Å². The van der Waals surface area contributed by atoms with Crippen molar-refractivity contribution < 1.29 is 27.2 Å². The van der Waals surface area contributed by atoms with Crippen molar-refractivity contribution in [1.29, 1.82) is 0 Å². The summed E-state index contributed by atoms with van der Waals surface area (Å²) in [6.07, 6.45) is -3.89. The lowest BCUT2D eigenvalue weighted by Gasteiger charge is -2.43. The first-order valence-corrected chi connectivity index (χ1v) is 6.14. The van der Waals surface area contributed by atoms with Gasteiger partial charge in [0.2, 0.25) is 11.8 Å². The van der Waals surface area contributed by atoms with Gasteiger partial charge in [-0.2, -0.15) is 8.78 Å². The van der Waals surface area contributed by atoms with Gasteiger partial charge in [-0.1, -0.05) is 20.8 Å². The van der Waals surface area contributed by atoms with E-state index in [4.69, 9.17) is 0 Å². The molecule has 1 fully saturated rings. The monoisotopic (exact) mass is 298 g/mol. The molecule has 2 unspecified atom stereocenters. The highest BCUT2D eigenvalue weighted by Crippen LogP contribution is 2.29. The Bertz CT molecular complexity index is 407. The molecule has 116 valence electrons. The van der Waals surface area contributed by atoms with Crippen LogP contribution in [0.2, 0.25) is 0 Å². The Kier molecular flexibility index (Phi) is 4.36. The molecule has 0 bridgehead atoms. The lowest BCUT2D eigenvalue weighted by Crippen LogP contribution is -2.67. The van der Waals surface area contributed by atoms with Crippen LogP contribution in [0.25, 0.3) is 0 Å². The normalized spacial score (nSPS) is 25.1. The Balaban J connectivity index is 3.03. The van der Waals surface area contributed by atoms with Gasteiger partial charge >= 0.3 is 12.3 Å². The summed E-state index contributed by atoms with van der Waals surface area (Å²) in [5.74, 6) is -5.75. The number of carbonyl (C=O) groups excluding carboxylic acids is 2. The molecule has 0 saturated carbocycles. The first kappa shape index (κ1) is 16.7. The average Bonchev–Trinajstić information content (AvgIpc) is 2.27. The molecule has 0 radical (unpaired) electrons. The zero-order valence-corrected chi connectivity index (χ0v) is 11.7. The van der Waals surface area contributed by atoms with Gasteiger partial charge in [-0.15, -0.1) is 0 Å². The van der Waals surface area contributed by atoms with Gasteiger partial charge in [0.15, 0.2) is 0 Å². The molecular weight excluding hydrogens is 280 g/mol. The van der Waals surface area contributed by atoms with Crippen LogP contribution in [-0.2, 0) is 9.59 Å². The predicted molar refractivity (Wildman–Crippen MR) is 63.5 cm³/mol. The number of carbonyl (C=O) groups is 2. The topological polar surface area (TPSA) is 49.4 Å². The second-order valence-electron chi connectivity index (χ2n) is 6.01. The lowest BCUT2D eigenvalue weighted by atomic mass is 9.84. The zero-order valence-electron chi connectivity index (χ0n) is 11.7. The van der Waals surface area contributed by atoms with Crippen LogP contribution in [0.4, 0.5) is 17.6 Å². The van der Waals surface area contributed by atoms with Crippen LogP contribution >= 0.6 is 0 Å². The minimum atomic E-state index is -4.34. The first-order chi connectivity index (χ1) is 8.88. The molecule has 1 rings (SSSR count). The van der Waals surface area contributed by atoms with E-state index in [0.29, 0.717) is 4.90 Å². The molecule has 0 aliphatic carbocycles. The van der Waals surface area contributed by atoms with E-state index < -0.39 is 48.2 Å². The highest BCUT2D eigenvalue weighted by molar-refractivity contribution is 5.97. The second kappa shape index (κ2) is 5.21. The van der Waals surface area contributed by atoms with Gasteiger partial charge in [0.25, 0.3) is 0 Å². The summed E-state index contributed by atoms with van der Waals surface area (Å²) in [4.78, 5) is 24.4. The Morgan fingerprint density at radius 2 is 1.75 bits per heavy atom. The number of piperazine rings is 1. The van der Waals surface area contributed by atoms with E-state index in [1.165, 1.54) is 6.92 Å². The lowest BCUT2D eigenvalue weighted by molar-refractivity contribution is -0.171. The summed E-state index contributed by atoms with van der Waals surface area (Å²) < 4.78 is 50.8. The smallest absolute Gasteiger partial charge is 0.324 e. The molecule has 0 aromatic carbocycles. The third-order valence-electron chi connectivity index (χ3n) is 3.23. The maximum atomic E-state index is 13.2. The number of nitrogens with zero attached hydrogens (tertiary/aromatic N) is 1. The Hall–Kier alpha value is -1.34. The molecule has 1 heterocycles. The second-order valence-corrected chi connectivity index (χ2v) is 6.01. The van der Waals surface area contributed by atoms with Gasteiger partial charge < -0.3 is 10.2 Å². The van der Waals surface area contributed by atoms with E-state index in [0.717, 1.165) is 0 Å². The van der Waals surface area contributed by atoms with Crippen LogP contribution in [-0.4, -0.2) is 47.7 Å². The number of alkyl halides is 4.